The van der Waals surface area contributed by atoms with Gasteiger partial charge in [-0.05, 0) is 18.2 Å². The molecule has 0 spiro atoms. The summed E-state index contributed by atoms with van der Waals surface area (Å²) < 4.78 is 0. The lowest BCUT2D eigenvalue weighted by Crippen LogP contribution is -2.01. The van der Waals surface area contributed by atoms with Crippen molar-refractivity contribution in [1.29, 1.82) is 0 Å². The normalized spacial score (nSPS) is 9.71. The van der Waals surface area contributed by atoms with Crippen LogP contribution in [-0.4, -0.2) is 17.8 Å². The maximum Gasteiger partial charge on any atom is 0.227 e. The highest BCUT2D eigenvalue weighted by molar-refractivity contribution is 6.32. The molecule has 2 radical (unpaired) electrons. The smallest absolute Gasteiger partial charge is 0.227 e. The zero-order chi connectivity index (χ0) is 9.80. The van der Waals surface area contributed by atoms with Crippen molar-refractivity contribution in [1.82, 2.24) is 9.97 Å². The summed E-state index contributed by atoms with van der Waals surface area (Å²) in [6.45, 7) is 0. The Kier molecular flexibility index (Phi) is 2.45. The van der Waals surface area contributed by atoms with Crippen LogP contribution in [-0.2, 0) is 0 Å². The Hall–Kier alpha value is -1.84. The molecule has 0 aliphatic rings. The van der Waals surface area contributed by atoms with Gasteiger partial charge in [-0.15, -0.1) is 0 Å². The van der Waals surface area contributed by atoms with Crippen molar-refractivity contribution in [2.75, 3.05) is 5.32 Å². The Morgan fingerprint density at radius 2 is 1.64 bits per heavy atom. The van der Waals surface area contributed by atoms with Crippen LogP contribution in [0.1, 0.15) is 0 Å². The van der Waals surface area contributed by atoms with Gasteiger partial charge in [0.05, 0.1) is 0 Å². The fraction of sp³-hybridized carbons (Fsp3) is 0. The van der Waals surface area contributed by atoms with Gasteiger partial charge in [0.15, 0.2) is 0 Å². The molecule has 1 N–H and O–H groups in total. The zero-order valence-corrected chi connectivity index (χ0v) is 7.51. The third-order valence-electron chi connectivity index (χ3n) is 1.73. The highest BCUT2D eigenvalue weighted by Crippen LogP contribution is 2.09. The average Bonchev–Trinajstić information content (AvgIpc) is 2.23. The van der Waals surface area contributed by atoms with E-state index in [-0.39, 0.29) is 0 Å². The molecule has 0 aliphatic carbocycles. The maximum atomic E-state index is 5.56. The Morgan fingerprint density at radius 3 is 2.29 bits per heavy atom. The minimum atomic E-state index is 0.581. The number of anilines is 2. The van der Waals surface area contributed by atoms with Crippen LogP contribution in [0.15, 0.2) is 42.7 Å². The first-order valence-electron chi connectivity index (χ1n) is 4.24. The largest absolute Gasteiger partial charge is 0.324 e. The first-order chi connectivity index (χ1) is 6.84. The van der Waals surface area contributed by atoms with Gasteiger partial charge in [0.25, 0.3) is 0 Å². The van der Waals surface area contributed by atoms with Crippen LogP contribution in [0.2, 0.25) is 0 Å². The van der Waals surface area contributed by atoms with E-state index in [0.29, 0.717) is 5.95 Å². The molecule has 0 saturated carbocycles. The molecule has 1 aromatic heterocycles. The molecular formula is C10H8BN3. The van der Waals surface area contributed by atoms with E-state index in [0.717, 1.165) is 11.2 Å². The van der Waals surface area contributed by atoms with Crippen LogP contribution in [0.4, 0.5) is 11.6 Å². The van der Waals surface area contributed by atoms with Crippen molar-refractivity contribution in [3.05, 3.63) is 42.7 Å². The van der Waals surface area contributed by atoms with Crippen molar-refractivity contribution < 1.29 is 0 Å². The summed E-state index contributed by atoms with van der Waals surface area (Å²) in [6.07, 6.45) is 3.37. The molecule has 0 saturated heterocycles. The van der Waals surface area contributed by atoms with Gasteiger partial charge in [-0.1, -0.05) is 17.6 Å². The second kappa shape index (κ2) is 3.92. The molecule has 0 unspecified atom stereocenters. The standard InChI is InChI=1S/C10H8BN3/c11-8-2-4-9(5-3-8)14-10-12-6-1-7-13-10/h1-7H,(H,12,13,14). The molecule has 2 rings (SSSR count). The summed E-state index contributed by atoms with van der Waals surface area (Å²) in [7, 11) is 5.56. The molecule has 0 amide bonds. The Bertz CT molecular complexity index is 399. The average molecular weight is 181 g/mol. The monoisotopic (exact) mass is 181 g/mol. The van der Waals surface area contributed by atoms with E-state index in [9.17, 15) is 0 Å². The third kappa shape index (κ3) is 2.10. The van der Waals surface area contributed by atoms with Crippen molar-refractivity contribution in [3.63, 3.8) is 0 Å². The van der Waals surface area contributed by atoms with E-state index in [4.69, 9.17) is 7.85 Å². The zero-order valence-electron chi connectivity index (χ0n) is 7.51. The van der Waals surface area contributed by atoms with Gasteiger partial charge in [-0.3, -0.25) is 0 Å². The second-order valence-corrected chi connectivity index (χ2v) is 2.82. The summed E-state index contributed by atoms with van der Waals surface area (Å²) in [6, 6.07) is 9.18. The molecule has 3 nitrogen and oxygen atoms in total. The SMILES string of the molecule is [B]c1ccc(Nc2ncccn2)cc1. The fourth-order valence-corrected chi connectivity index (χ4v) is 1.06. The first-order valence-corrected chi connectivity index (χ1v) is 4.24. The van der Waals surface area contributed by atoms with Gasteiger partial charge < -0.3 is 5.32 Å². The lowest BCUT2D eigenvalue weighted by molar-refractivity contribution is 1.17. The van der Waals surface area contributed by atoms with Crippen molar-refractivity contribution in [2.45, 2.75) is 0 Å². The third-order valence-corrected chi connectivity index (χ3v) is 1.73. The summed E-state index contributed by atoms with van der Waals surface area (Å²) in [5.41, 5.74) is 1.66. The molecule has 0 aliphatic heterocycles. The lowest BCUT2D eigenvalue weighted by Gasteiger charge is -2.03. The summed E-state index contributed by atoms with van der Waals surface area (Å²) in [4.78, 5) is 8.09. The van der Waals surface area contributed by atoms with E-state index < -0.39 is 0 Å². The van der Waals surface area contributed by atoms with Crippen LogP contribution >= 0.6 is 0 Å². The van der Waals surface area contributed by atoms with Crippen molar-refractivity contribution in [3.8, 4) is 0 Å². The van der Waals surface area contributed by atoms with E-state index >= 15 is 0 Å². The van der Waals surface area contributed by atoms with E-state index in [1.54, 1.807) is 18.5 Å². The van der Waals surface area contributed by atoms with Crippen molar-refractivity contribution >= 4 is 24.9 Å². The summed E-state index contributed by atoms with van der Waals surface area (Å²) in [5, 5.41) is 3.05. The topological polar surface area (TPSA) is 37.8 Å². The number of hydrogen-bond acceptors (Lipinski definition) is 3. The predicted molar refractivity (Wildman–Crippen MR) is 57.1 cm³/mol. The second-order valence-electron chi connectivity index (χ2n) is 2.82. The number of aromatic nitrogens is 2. The van der Waals surface area contributed by atoms with Crippen LogP contribution < -0.4 is 10.8 Å². The highest BCUT2D eigenvalue weighted by Gasteiger charge is 1.94. The van der Waals surface area contributed by atoms with Gasteiger partial charge in [-0.25, -0.2) is 9.97 Å². The number of nitrogens with zero attached hydrogens (tertiary/aromatic N) is 2. The molecule has 0 fully saturated rings. The number of hydrogen-bond donors (Lipinski definition) is 1. The van der Waals surface area contributed by atoms with Crippen molar-refractivity contribution in [2.24, 2.45) is 0 Å². The minimum absolute atomic E-state index is 0.581. The van der Waals surface area contributed by atoms with Gasteiger partial charge in [0.1, 0.15) is 7.85 Å². The molecular weight excluding hydrogens is 173 g/mol. The van der Waals surface area contributed by atoms with E-state index in [1.165, 1.54) is 0 Å². The number of benzene rings is 1. The van der Waals surface area contributed by atoms with Gasteiger partial charge in [0.2, 0.25) is 5.95 Å². The molecule has 1 aromatic carbocycles. The molecule has 66 valence electrons. The van der Waals surface area contributed by atoms with Gasteiger partial charge >= 0.3 is 0 Å². The van der Waals surface area contributed by atoms with Gasteiger partial charge in [-0.2, -0.15) is 0 Å². The quantitative estimate of drug-likeness (QED) is 0.702. The highest BCUT2D eigenvalue weighted by atomic mass is 15.1. The Labute approximate surface area is 83.6 Å². The maximum absolute atomic E-state index is 5.56. The first kappa shape index (κ1) is 8.75. The predicted octanol–water partition coefficient (Wildman–Crippen LogP) is 1.01. The molecule has 0 atom stereocenters. The van der Waals surface area contributed by atoms with Gasteiger partial charge in [0, 0.05) is 18.1 Å². The van der Waals surface area contributed by atoms with Crippen LogP contribution in [0.3, 0.4) is 0 Å². The van der Waals surface area contributed by atoms with Crippen LogP contribution in [0, 0.1) is 0 Å². The van der Waals surface area contributed by atoms with Crippen LogP contribution in [0.25, 0.3) is 0 Å². The lowest BCUT2D eigenvalue weighted by atomic mass is 9.96. The summed E-state index contributed by atoms with van der Waals surface area (Å²) in [5.74, 6) is 0.581. The number of rotatable bonds is 2. The molecule has 1 heterocycles. The minimum Gasteiger partial charge on any atom is -0.324 e. The van der Waals surface area contributed by atoms with E-state index in [1.807, 2.05) is 24.3 Å². The molecule has 2 aromatic rings. The Balaban J connectivity index is 2.16. The number of nitrogens with one attached hydrogen (secondary N) is 1. The Morgan fingerprint density at radius 1 is 1.00 bits per heavy atom. The molecule has 4 heteroatoms. The van der Waals surface area contributed by atoms with E-state index in [2.05, 4.69) is 15.3 Å². The molecule has 14 heavy (non-hydrogen) atoms. The fourth-order valence-electron chi connectivity index (χ4n) is 1.06. The van der Waals surface area contributed by atoms with Crippen LogP contribution in [0.5, 0.6) is 0 Å². The molecule has 0 bridgehead atoms. The summed E-state index contributed by atoms with van der Waals surface area (Å²) >= 11 is 0.